The quantitative estimate of drug-likeness (QED) is 0.212. The average Bonchev–Trinajstić information content (AvgIpc) is 2.97. The average molecular weight is 479 g/mol. The summed E-state index contributed by atoms with van der Waals surface area (Å²) < 4.78 is 7.13. The summed E-state index contributed by atoms with van der Waals surface area (Å²) in [4.78, 5) is 0. The lowest BCUT2D eigenvalue weighted by atomic mass is 9.95. The molecule has 0 saturated heterocycles. The number of hydrogen-bond acceptors (Lipinski definition) is 1. The molecule has 6 aromatic rings. The van der Waals surface area contributed by atoms with Gasteiger partial charge < -0.3 is 4.74 Å². The molecule has 0 aliphatic heterocycles. The maximum atomic E-state index is 7.13. The van der Waals surface area contributed by atoms with Gasteiger partial charge in [-0.05, 0) is 55.9 Å². The van der Waals surface area contributed by atoms with Crippen LogP contribution >= 0.6 is 0 Å². The van der Waals surface area contributed by atoms with Gasteiger partial charge in [0.15, 0.2) is 0 Å². The lowest BCUT2D eigenvalue weighted by molar-refractivity contribution is -0.0147. The first kappa shape index (κ1) is 23.2. The third-order valence-electron chi connectivity index (χ3n) is 7.15. The van der Waals surface area contributed by atoms with Crippen molar-refractivity contribution < 1.29 is 4.74 Å². The van der Waals surface area contributed by atoms with Crippen molar-refractivity contribution in [3.8, 4) is 0 Å². The van der Waals surface area contributed by atoms with E-state index in [2.05, 4.69) is 146 Å². The second-order valence-electron chi connectivity index (χ2n) is 9.71. The molecular weight excluding hydrogens is 448 g/mol. The van der Waals surface area contributed by atoms with E-state index >= 15 is 0 Å². The molecule has 180 valence electrons. The summed E-state index contributed by atoms with van der Waals surface area (Å²) in [5.41, 5.74) is 4.97. The molecule has 0 saturated carbocycles. The predicted octanol–water partition coefficient (Wildman–Crippen LogP) is 9.28. The Balaban J connectivity index is 1.41. The van der Waals surface area contributed by atoms with E-state index in [1.807, 2.05) is 0 Å². The van der Waals surface area contributed by atoms with Gasteiger partial charge >= 0.3 is 0 Å². The number of ether oxygens (including phenoxy) is 1. The number of fused-ring (bicyclic) bond motifs is 2. The molecule has 37 heavy (non-hydrogen) atoms. The Morgan fingerprint density at radius 1 is 0.378 bits per heavy atom. The van der Waals surface area contributed by atoms with Gasteiger partial charge in [0.25, 0.3) is 0 Å². The van der Waals surface area contributed by atoms with Crippen LogP contribution < -0.4 is 0 Å². The zero-order chi connectivity index (χ0) is 24.9. The van der Waals surface area contributed by atoms with Crippen molar-refractivity contribution in [2.24, 2.45) is 0 Å². The molecule has 0 aromatic heterocycles. The minimum Gasteiger partial charge on any atom is -0.365 e. The van der Waals surface area contributed by atoms with Gasteiger partial charge in [0.2, 0.25) is 0 Å². The molecule has 0 bridgehead atoms. The molecule has 0 aliphatic carbocycles. The van der Waals surface area contributed by atoms with E-state index in [0.717, 1.165) is 12.8 Å². The molecule has 6 rings (SSSR count). The Kier molecular flexibility index (Phi) is 6.79. The Morgan fingerprint density at radius 3 is 1.19 bits per heavy atom. The van der Waals surface area contributed by atoms with Crippen LogP contribution in [-0.2, 0) is 17.6 Å². The Bertz CT molecular complexity index is 1480. The van der Waals surface area contributed by atoms with Crippen molar-refractivity contribution in [3.63, 3.8) is 0 Å². The molecule has 0 fully saturated rings. The summed E-state index contributed by atoms with van der Waals surface area (Å²) >= 11 is 0. The van der Waals surface area contributed by atoms with Crippen molar-refractivity contribution in [2.75, 3.05) is 0 Å². The molecule has 0 N–H and O–H groups in total. The smallest absolute Gasteiger partial charge is 0.0873 e. The van der Waals surface area contributed by atoms with Crippen molar-refractivity contribution in [3.05, 3.63) is 168 Å². The van der Waals surface area contributed by atoms with Gasteiger partial charge in [0, 0.05) is 12.8 Å². The minimum absolute atomic E-state index is 0.0767. The number of benzene rings is 6. The molecule has 6 aromatic carbocycles. The summed E-state index contributed by atoms with van der Waals surface area (Å²) in [6.45, 7) is 0. The molecule has 1 nitrogen and oxygen atoms in total. The standard InChI is InChI=1S/C36H30O/c1-3-11-27(12-4-1)23-35(33-21-19-29-15-7-9-17-31(29)25-33)37-36(24-28-13-5-2-6-14-28)34-22-20-30-16-8-10-18-32(30)26-34/h1-22,25-26,35-36H,23-24H2. The highest BCUT2D eigenvalue weighted by Gasteiger charge is 2.22. The van der Waals surface area contributed by atoms with Crippen molar-refractivity contribution in [1.29, 1.82) is 0 Å². The largest absolute Gasteiger partial charge is 0.365 e. The van der Waals surface area contributed by atoms with E-state index in [9.17, 15) is 0 Å². The highest BCUT2D eigenvalue weighted by Crippen LogP contribution is 2.34. The van der Waals surface area contributed by atoms with Crippen LogP contribution in [0.25, 0.3) is 21.5 Å². The van der Waals surface area contributed by atoms with Gasteiger partial charge in [-0.15, -0.1) is 0 Å². The van der Waals surface area contributed by atoms with E-state index < -0.39 is 0 Å². The van der Waals surface area contributed by atoms with Gasteiger partial charge in [-0.2, -0.15) is 0 Å². The molecule has 0 radical (unpaired) electrons. The second kappa shape index (κ2) is 10.8. The first-order chi connectivity index (χ1) is 18.3. The fraction of sp³-hybridized carbons (Fsp3) is 0.111. The van der Waals surface area contributed by atoms with Crippen LogP contribution in [0.4, 0.5) is 0 Å². The van der Waals surface area contributed by atoms with Gasteiger partial charge in [-0.1, -0.05) is 133 Å². The van der Waals surface area contributed by atoms with E-state index in [1.54, 1.807) is 0 Å². The Labute approximate surface area is 219 Å². The van der Waals surface area contributed by atoms with Crippen LogP contribution in [0, 0.1) is 0 Å². The van der Waals surface area contributed by atoms with Gasteiger partial charge in [0.05, 0.1) is 12.2 Å². The fourth-order valence-electron chi connectivity index (χ4n) is 5.16. The van der Waals surface area contributed by atoms with Crippen LogP contribution in [0.3, 0.4) is 0 Å². The molecule has 0 amide bonds. The summed E-state index contributed by atoms with van der Waals surface area (Å²) in [7, 11) is 0. The zero-order valence-electron chi connectivity index (χ0n) is 20.8. The summed E-state index contributed by atoms with van der Waals surface area (Å²) in [6, 6.07) is 51.9. The zero-order valence-corrected chi connectivity index (χ0v) is 20.8. The SMILES string of the molecule is c1ccc(CC(OC(Cc2ccccc2)c2ccc3ccccc3c2)c2ccc3ccccc3c2)cc1. The van der Waals surface area contributed by atoms with Crippen LogP contribution in [0.5, 0.6) is 0 Å². The van der Waals surface area contributed by atoms with Gasteiger partial charge in [0.1, 0.15) is 0 Å². The Morgan fingerprint density at radius 2 is 0.757 bits per heavy atom. The lowest BCUT2D eigenvalue weighted by Crippen LogP contribution is -2.15. The normalized spacial score (nSPS) is 13.0. The van der Waals surface area contributed by atoms with Crippen LogP contribution in [0.1, 0.15) is 34.5 Å². The maximum absolute atomic E-state index is 7.13. The minimum atomic E-state index is -0.0767. The molecular formula is C36H30O. The summed E-state index contributed by atoms with van der Waals surface area (Å²) in [5, 5.41) is 4.99. The van der Waals surface area contributed by atoms with Gasteiger partial charge in [-0.25, -0.2) is 0 Å². The van der Waals surface area contributed by atoms with E-state index in [0.29, 0.717) is 0 Å². The second-order valence-corrected chi connectivity index (χ2v) is 9.71. The van der Waals surface area contributed by atoms with E-state index in [1.165, 1.54) is 43.8 Å². The van der Waals surface area contributed by atoms with Crippen LogP contribution in [-0.4, -0.2) is 0 Å². The first-order valence-corrected chi connectivity index (χ1v) is 13.0. The predicted molar refractivity (Wildman–Crippen MR) is 155 cm³/mol. The Hall–Kier alpha value is -4.20. The molecule has 2 atom stereocenters. The molecule has 1 heteroatoms. The van der Waals surface area contributed by atoms with E-state index in [-0.39, 0.29) is 12.2 Å². The number of rotatable bonds is 8. The third kappa shape index (κ3) is 5.48. The van der Waals surface area contributed by atoms with Crippen LogP contribution in [0.15, 0.2) is 146 Å². The van der Waals surface area contributed by atoms with Crippen molar-refractivity contribution >= 4 is 21.5 Å². The molecule has 0 spiro atoms. The third-order valence-corrected chi connectivity index (χ3v) is 7.15. The first-order valence-electron chi connectivity index (χ1n) is 13.0. The highest BCUT2D eigenvalue weighted by atomic mass is 16.5. The molecule has 0 heterocycles. The van der Waals surface area contributed by atoms with Crippen molar-refractivity contribution in [1.82, 2.24) is 0 Å². The lowest BCUT2D eigenvalue weighted by Gasteiger charge is -2.27. The fourth-order valence-corrected chi connectivity index (χ4v) is 5.16. The molecule has 2 unspecified atom stereocenters. The molecule has 0 aliphatic rings. The summed E-state index contributed by atoms with van der Waals surface area (Å²) in [6.07, 6.45) is 1.48. The monoisotopic (exact) mass is 478 g/mol. The number of hydrogen-bond donors (Lipinski definition) is 0. The van der Waals surface area contributed by atoms with Crippen molar-refractivity contribution in [2.45, 2.75) is 25.0 Å². The maximum Gasteiger partial charge on any atom is 0.0873 e. The van der Waals surface area contributed by atoms with Crippen LogP contribution in [0.2, 0.25) is 0 Å². The highest BCUT2D eigenvalue weighted by molar-refractivity contribution is 5.83. The topological polar surface area (TPSA) is 9.23 Å². The van der Waals surface area contributed by atoms with E-state index in [4.69, 9.17) is 4.74 Å². The van der Waals surface area contributed by atoms with Gasteiger partial charge in [-0.3, -0.25) is 0 Å². The summed E-state index contributed by atoms with van der Waals surface area (Å²) in [5.74, 6) is 0.